The maximum Gasteiger partial charge on any atom is 0.193 e. The summed E-state index contributed by atoms with van der Waals surface area (Å²) in [6.07, 6.45) is 6.66. The van der Waals surface area contributed by atoms with Gasteiger partial charge in [0.25, 0.3) is 0 Å². The molecule has 1 atom stereocenters. The number of rotatable bonds is 10. The van der Waals surface area contributed by atoms with E-state index >= 15 is 0 Å². The lowest BCUT2D eigenvalue weighted by Crippen LogP contribution is -2.41. The molecule has 1 rings (SSSR count). The van der Waals surface area contributed by atoms with Gasteiger partial charge in [-0.15, -0.1) is 6.58 Å². The number of nitrogens with one attached hydrogen (secondary N) is 1. The molecule has 1 heterocycles. The van der Waals surface area contributed by atoms with Gasteiger partial charge in [0.15, 0.2) is 5.96 Å². The minimum absolute atomic E-state index is 0.561. The third kappa shape index (κ3) is 6.79. The van der Waals surface area contributed by atoms with E-state index in [1.165, 1.54) is 19.4 Å². The highest BCUT2D eigenvalue weighted by Gasteiger charge is 2.23. The summed E-state index contributed by atoms with van der Waals surface area (Å²) in [4.78, 5) is 9.59. The molecule has 0 spiro atoms. The van der Waals surface area contributed by atoms with Crippen LogP contribution in [0.15, 0.2) is 17.6 Å². The molecule has 1 aliphatic rings. The molecular weight excluding hydrogens is 276 g/mol. The molecule has 22 heavy (non-hydrogen) atoms. The van der Waals surface area contributed by atoms with Crippen molar-refractivity contribution in [2.75, 3.05) is 53.5 Å². The molecule has 0 aliphatic carbocycles. The van der Waals surface area contributed by atoms with E-state index in [0.717, 1.165) is 51.6 Å². The Labute approximate surface area is 136 Å². The summed E-state index contributed by atoms with van der Waals surface area (Å²) in [7, 11) is 3.88. The zero-order valence-electron chi connectivity index (χ0n) is 14.7. The van der Waals surface area contributed by atoms with Crippen LogP contribution in [0.25, 0.3) is 0 Å². The lowest BCUT2D eigenvalue weighted by atomic mass is 10.2. The maximum atomic E-state index is 5.20. The quantitative estimate of drug-likeness (QED) is 0.290. The van der Waals surface area contributed by atoms with E-state index in [1.54, 1.807) is 7.11 Å². The van der Waals surface area contributed by atoms with E-state index in [9.17, 15) is 0 Å². The molecular formula is C17H34N4O. The van der Waals surface area contributed by atoms with Crippen LogP contribution in [0.5, 0.6) is 0 Å². The Bertz CT molecular complexity index is 333. The second kappa shape index (κ2) is 11.5. The summed E-state index contributed by atoms with van der Waals surface area (Å²) < 4.78 is 5.20. The monoisotopic (exact) mass is 310 g/mol. The van der Waals surface area contributed by atoms with Crippen LogP contribution in [0.1, 0.15) is 32.6 Å². The third-order valence-corrected chi connectivity index (χ3v) is 4.13. The van der Waals surface area contributed by atoms with Crippen molar-refractivity contribution >= 4 is 5.96 Å². The summed E-state index contributed by atoms with van der Waals surface area (Å²) in [5, 5.41) is 3.40. The number of guanidine groups is 1. The molecule has 0 aromatic rings. The highest BCUT2D eigenvalue weighted by molar-refractivity contribution is 5.79. The molecule has 128 valence electrons. The Balaban J connectivity index is 2.50. The molecule has 0 bridgehead atoms. The average molecular weight is 310 g/mol. The number of nitrogens with zero attached hydrogens (tertiary/aromatic N) is 3. The molecule has 0 radical (unpaired) electrons. The minimum Gasteiger partial charge on any atom is -0.383 e. The zero-order chi connectivity index (χ0) is 16.2. The largest absolute Gasteiger partial charge is 0.383 e. The molecule has 0 saturated carbocycles. The Morgan fingerprint density at radius 1 is 1.55 bits per heavy atom. The van der Waals surface area contributed by atoms with Crippen LogP contribution >= 0.6 is 0 Å². The van der Waals surface area contributed by atoms with E-state index in [4.69, 9.17) is 9.73 Å². The first-order valence-electron chi connectivity index (χ1n) is 8.56. The smallest absolute Gasteiger partial charge is 0.193 e. The molecule has 1 N–H and O–H groups in total. The fourth-order valence-electron chi connectivity index (χ4n) is 2.85. The Hall–Kier alpha value is -1.07. The fraction of sp³-hybridized carbons (Fsp3) is 0.824. The fourth-order valence-corrected chi connectivity index (χ4v) is 2.85. The van der Waals surface area contributed by atoms with E-state index in [2.05, 4.69) is 35.7 Å². The second-order valence-corrected chi connectivity index (χ2v) is 5.87. The van der Waals surface area contributed by atoms with Gasteiger partial charge in [0.2, 0.25) is 0 Å². The number of likely N-dealkylation sites (tertiary alicyclic amines) is 1. The van der Waals surface area contributed by atoms with Gasteiger partial charge in [0.1, 0.15) is 0 Å². The summed E-state index contributed by atoms with van der Waals surface area (Å²) in [5.74, 6) is 1.02. The van der Waals surface area contributed by atoms with E-state index in [1.807, 2.05) is 6.08 Å². The number of methoxy groups -OCH3 is 1. The van der Waals surface area contributed by atoms with Crippen molar-refractivity contribution in [1.29, 1.82) is 0 Å². The molecule has 5 nitrogen and oxygen atoms in total. The molecule has 0 amide bonds. The van der Waals surface area contributed by atoms with E-state index in [-0.39, 0.29) is 0 Å². The summed E-state index contributed by atoms with van der Waals surface area (Å²) in [6.45, 7) is 11.7. The average Bonchev–Trinajstić information content (AvgIpc) is 2.96. The predicted octanol–water partition coefficient (Wildman–Crippen LogP) is 1.96. The SMILES string of the molecule is C=CCCCN(C)C(=NCC1CCCN1CCOC)NCC. The minimum atomic E-state index is 0.561. The number of hydrogen-bond acceptors (Lipinski definition) is 3. The van der Waals surface area contributed by atoms with Crippen molar-refractivity contribution in [2.45, 2.75) is 38.6 Å². The van der Waals surface area contributed by atoms with Gasteiger partial charge in [0, 0.05) is 39.8 Å². The van der Waals surface area contributed by atoms with Gasteiger partial charge >= 0.3 is 0 Å². The third-order valence-electron chi connectivity index (χ3n) is 4.13. The standard InChI is InChI=1S/C17H34N4O/c1-5-7-8-11-20(3)17(18-6-2)19-15-16-10-9-12-21(16)13-14-22-4/h5,16H,1,6-15H2,2-4H3,(H,18,19). The number of aliphatic imine (C=N–C) groups is 1. The van der Waals surface area contributed by atoms with Crippen LogP contribution in [-0.2, 0) is 4.74 Å². The lowest BCUT2D eigenvalue weighted by Gasteiger charge is -2.25. The van der Waals surface area contributed by atoms with Gasteiger partial charge < -0.3 is 15.0 Å². The van der Waals surface area contributed by atoms with Crippen molar-refractivity contribution in [3.8, 4) is 0 Å². The topological polar surface area (TPSA) is 40.1 Å². The number of hydrogen-bond donors (Lipinski definition) is 1. The first-order valence-corrected chi connectivity index (χ1v) is 8.56. The van der Waals surface area contributed by atoms with Crippen molar-refractivity contribution in [2.24, 2.45) is 4.99 Å². The normalized spacial score (nSPS) is 19.4. The van der Waals surface area contributed by atoms with Crippen LogP contribution in [0.2, 0.25) is 0 Å². The van der Waals surface area contributed by atoms with Crippen LogP contribution in [0.3, 0.4) is 0 Å². The van der Waals surface area contributed by atoms with Gasteiger partial charge in [0.05, 0.1) is 13.2 Å². The van der Waals surface area contributed by atoms with Gasteiger partial charge in [-0.05, 0) is 39.2 Å². The van der Waals surface area contributed by atoms with Crippen LogP contribution in [-0.4, -0.2) is 75.3 Å². The Morgan fingerprint density at radius 3 is 3.05 bits per heavy atom. The number of ether oxygens (including phenoxy) is 1. The zero-order valence-corrected chi connectivity index (χ0v) is 14.7. The summed E-state index contributed by atoms with van der Waals surface area (Å²) >= 11 is 0. The van der Waals surface area contributed by atoms with Crippen LogP contribution < -0.4 is 5.32 Å². The van der Waals surface area contributed by atoms with E-state index < -0.39 is 0 Å². The molecule has 5 heteroatoms. The van der Waals surface area contributed by atoms with Crippen molar-refractivity contribution < 1.29 is 4.74 Å². The van der Waals surface area contributed by atoms with Crippen LogP contribution in [0.4, 0.5) is 0 Å². The summed E-state index contributed by atoms with van der Waals surface area (Å²) in [5.41, 5.74) is 0. The first kappa shape index (κ1) is 19.0. The van der Waals surface area contributed by atoms with Crippen molar-refractivity contribution in [1.82, 2.24) is 15.1 Å². The first-order chi connectivity index (χ1) is 10.7. The predicted molar refractivity (Wildman–Crippen MR) is 94.5 cm³/mol. The Morgan fingerprint density at radius 2 is 2.36 bits per heavy atom. The van der Waals surface area contributed by atoms with Gasteiger partial charge in [-0.1, -0.05) is 6.08 Å². The molecule has 1 unspecified atom stereocenters. The highest BCUT2D eigenvalue weighted by atomic mass is 16.5. The molecule has 0 aromatic carbocycles. The lowest BCUT2D eigenvalue weighted by molar-refractivity contribution is 0.142. The van der Waals surface area contributed by atoms with Crippen molar-refractivity contribution in [3.05, 3.63) is 12.7 Å². The van der Waals surface area contributed by atoms with Gasteiger partial charge in [-0.2, -0.15) is 0 Å². The molecule has 1 aliphatic heterocycles. The molecule has 0 aromatic heterocycles. The molecule has 1 fully saturated rings. The van der Waals surface area contributed by atoms with E-state index in [0.29, 0.717) is 6.04 Å². The van der Waals surface area contributed by atoms with Crippen LogP contribution in [0, 0.1) is 0 Å². The van der Waals surface area contributed by atoms with Gasteiger partial charge in [-0.3, -0.25) is 9.89 Å². The Kier molecular flexibility index (Phi) is 9.91. The molecule has 1 saturated heterocycles. The summed E-state index contributed by atoms with van der Waals surface area (Å²) in [6, 6.07) is 0.561. The number of allylic oxidation sites excluding steroid dienone is 1. The van der Waals surface area contributed by atoms with Gasteiger partial charge in [-0.25, -0.2) is 0 Å². The highest BCUT2D eigenvalue weighted by Crippen LogP contribution is 2.17. The second-order valence-electron chi connectivity index (χ2n) is 5.87. The maximum absolute atomic E-state index is 5.20. The number of unbranched alkanes of at least 4 members (excludes halogenated alkanes) is 1. The van der Waals surface area contributed by atoms with Crippen molar-refractivity contribution in [3.63, 3.8) is 0 Å².